The van der Waals surface area contributed by atoms with Gasteiger partial charge in [-0.05, 0) is 44.7 Å². The summed E-state index contributed by atoms with van der Waals surface area (Å²) in [6, 6.07) is 4.10. The number of hydrogen-bond donors (Lipinski definition) is 3. The Balaban J connectivity index is 1.81. The number of amides is 3. The summed E-state index contributed by atoms with van der Waals surface area (Å²) < 4.78 is -1.13. The van der Waals surface area contributed by atoms with Crippen LogP contribution in [0.15, 0.2) is 18.2 Å². The van der Waals surface area contributed by atoms with Gasteiger partial charge in [-0.25, -0.2) is 0 Å². The summed E-state index contributed by atoms with van der Waals surface area (Å²) in [4.78, 5) is 42.1. The molecular weight excluding hydrogens is 450 g/mol. The number of aliphatic hydroxyl groups excluding tert-OH is 1. The van der Waals surface area contributed by atoms with E-state index in [-0.39, 0.29) is 24.3 Å². The number of likely N-dealkylation sites (tertiary alicyclic amines) is 1. The topological polar surface area (TPSA) is 98.7 Å². The highest BCUT2D eigenvalue weighted by molar-refractivity contribution is 8.02. The van der Waals surface area contributed by atoms with Crippen molar-refractivity contribution < 1.29 is 19.5 Å². The smallest absolute Gasteiger partial charge is 0.248 e. The van der Waals surface area contributed by atoms with Crippen molar-refractivity contribution >= 4 is 46.8 Å². The third-order valence-corrected chi connectivity index (χ3v) is 9.84. The standard InChI is InChI=1S/C23H30ClN3O4S/c1-5-13(11-28)27-18(20(30)26-17-12(2)7-6-8-14(17)24)23-10-9-22(3,32-23)15(19(29)25-4)16(23)21(27)31/h6-8,13,15-16,18,28H,5,9-11H2,1-4H3,(H,25,29)(H,26,30)/t13-,15-,16-,18?,22+,23?/m0/s1. The van der Waals surface area contributed by atoms with Gasteiger partial charge in [-0.15, -0.1) is 11.8 Å². The molecule has 6 atom stereocenters. The molecule has 3 aliphatic rings. The normalized spacial score (nSPS) is 33.9. The van der Waals surface area contributed by atoms with Gasteiger partial charge in [0.15, 0.2) is 0 Å². The van der Waals surface area contributed by atoms with Crippen molar-refractivity contribution in [2.75, 3.05) is 19.0 Å². The third-order valence-electron chi connectivity index (χ3n) is 7.54. The van der Waals surface area contributed by atoms with E-state index in [0.717, 1.165) is 12.0 Å². The average molecular weight is 480 g/mol. The Labute approximate surface area is 197 Å². The lowest BCUT2D eigenvalue weighted by Crippen LogP contribution is -2.54. The van der Waals surface area contributed by atoms with Crippen molar-refractivity contribution in [1.82, 2.24) is 10.2 Å². The molecular formula is C23H30ClN3O4S. The zero-order valence-electron chi connectivity index (χ0n) is 18.8. The van der Waals surface area contributed by atoms with E-state index < -0.39 is 33.4 Å². The Morgan fingerprint density at radius 2 is 2.06 bits per heavy atom. The summed E-state index contributed by atoms with van der Waals surface area (Å²) in [6.45, 7) is 5.53. The fourth-order valence-corrected chi connectivity index (χ4v) is 8.62. The van der Waals surface area contributed by atoms with E-state index in [4.69, 9.17) is 11.6 Å². The number of rotatable bonds is 6. The summed E-state index contributed by atoms with van der Waals surface area (Å²) >= 11 is 7.97. The summed E-state index contributed by atoms with van der Waals surface area (Å²) in [5.74, 6) is -1.82. The van der Waals surface area contributed by atoms with Crippen molar-refractivity contribution in [1.29, 1.82) is 0 Å². The second-order valence-electron chi connectivity index (χ2n) is 9.25. The van der Waals surface area contributed by atoms with Crippen molar-refractivity contribution in [2.24, 2.45) is 11.8 Å². The first-order valence-corrected chi connectivity index (χ1v) is 12.3. The minimum absolute atomic E-state index is 0.167. The second-order valence-corrected chi connectivity index (χ2v) is 11.6. The van der Waals surface area contributed by atoms with Crippen LogP contribution in [0.4, 0.5) is 5.69 Å². The van der Waals surface area contributed by atoms with Crippen LogP contribution in [-0.4, -0.2) is 63.0 Å². The quantitative estimate of drug-likeness (QED) is 0.582. The van der Waals surface area contributed by atoms with Gasteiger partial charge < -0.3 is 20.6 Å². The van der Waals surface area contributed by atoms with E-state index in [0.29, 0.717) is 23.6 Å². The molecule has 2 unspecified atom stereocenters. The monoisotopic (exact) mass is 479 g/mol. The van der Waals surface area contributed by atoms with E-state index in [1.165, 1.54) is 0 Å². The Morgan fingerprint density at radius 3 is 2.66 bits per heavy atom. The Morgan fingerprint density at radius 1 is 1.34 bits per heavy atom. The summed E-state index contributed by atoms with van der Waals surface area (Å²) in [7, 11) is 1.58. The number of hydrogen-bond acceptors (Lipinski definition) is 5. The zero-order valence-corrected chi connectivity index (χ0v) is 20.3. The number of aryl methyl sites for hydroxylation is 1. The fourth-order valence-electron chi connectivity index (χ4n) is 6.01. The molecule has 9 heteroatoms. The van der Waals surface area contributed by atoms with Crippen molar-refractivity contribution in [2.45, 2.75) is 61.6 Å². The first-order chi connectivity index (χ1) is 15.1. The van der Waals surface area contributed by atoms with Gasteiger partial charge in [0.2, 0.25) is 17.7 Å². The van der Waals surface area contributed by atoms with Crippen LogP contribution in [0, 0.1) is 18.8 Å². The number of halogens is 1. The molecule has 0 radical (unpaired) electrons. The molecule has 1 aromatic carbocycles. The molecule has 3 amide bonds. The minimum atomic E-state index is -0.797. The number of anilines is 1. The van der Waals surface area contributed by atoms with Gasteiger partial charge in [0.1, 0.15) is 6.04 Å². The number of benzene rings is 1. The number of nitrogens with one attached hydrogen (secondary N) is 2. The van der Waals surface area contributed by atoms with Crippen molar-refractivity contribution in [3.05, 3.63) is 28.8 Å². The van der Waals surface area contributed by atoms with E-state index in [9.17, 15) is 19.5 Å². The van der Waals surface area contributed by atoms with Gasteiger partial charge in [-0.3, -0.25) is 14.4 Å². The van der Waals surface area contributed by atoms with Crippen LogP contribution < -0.4 is 10.6 Å². The molecule has 0 saturated carbocycles. The van der Waals surface area contributed by atoms with Crippen molar-refractivity contribution in [3.8, 4) is 0 Å². The Hall–Kier alpha value is -1.77. The highest BCUT2D eigenvalue weighted by Gasteiger charge is 2.77. The molecule has 0 aromatic heterocycles. The average Bonchev–Trinajstić information content (AvgIpc) is 3.32. The minimum Gasteiger partial charge on any atom is -0.394 e. The molecule has 7 nitrogen and oxygen atoms in total. The van der Waals surface area contributed by atoms with Gasteiger partial charge in [-0.1, -0.05) is 30.7 Å². The van der Waals surface area contributed by atoms with Gasteiger partial charge >= 0.3 is 0 Å². The number of carbonyl (C=O) groups is 3. The molecule has 1 aromatic rings. The van der Waals surface area contributed by atoms with Gasteiger partial charge in [0.25, 0.3) is 0 Å². The van der Waals surface area contributed by atoms with Crippen LogP contribution in [0.5, 0.6) is 0 Å². The summed E-state index contributed by atoms with van der Waals surface area (Å²) in [5.41, 5.74) is 1.35. The Bertz CT molecular complexity index is 950. The van der Waals surface area contributed by atoms with E-state index in [1.54, 1.807) is 29.8 Å². The first-order valence-electron chi connectivity index (χ1n) is 11.1. The lowest BCUT2D eigenvalue weighted by atomic mass is 9.66. The van der Waals surface area contributed by atoms with Crippen LogP contribution in [0.25, 0.3) is 0 Å². The third kappa shape index (κ3) is 3.17. The molecule has 32 heavy (non-hydrogen) atoms. The maximum absolute atomic E-state index is 13.8. The molecule has 3 heterocycles. The number of carbonyl (C=O) groups excluding carboxylic acids is 3. The van der Waals surface area contributed by atoms with Gasteiger partial charge in [-0.2, -0.15) is 0 Å². The number of thioether (sulfide) groups is 1. The molecule has 0 aliphatic carbocycles. The number of para-hydroxylation sites is 1. The SMILES string of the molecule is CC[C@@H](CO)N1C(=O)[C@@H]2[C@@H](C(=O)NC)[C@@]3(C)CCC2(S3)C1C(=O)Nc1c(C)cccc1Cl. The maximum atomic E-state index is 13.8. The molecule has 3 saturated heterocycles. The lowest BCUT2D eigenvalue weighted by molar-refractivity contribution is -0.142. The van der Waals surface area contributed by atoms with Crippen LogP contribution in [0.3, 0.4) is 0 Å². The van der Waals surface area contributed by atoms with Crippen molar-refractivity contribution in [3.63, 3.8) is 0 Å². The lowest BCUT2D eigenvalue weighted by Gasteiger charge is -2.36. The highest BCUT2D eigenvalue weighted by Crippen LogP contribution is 2.71. The largest absolute Gasteiger partial charge is 0.394 e. The fraction of sp³-hybridized carbons (Fsp3) is 0.609. The van der Waals surface area contributed by atoms with E-state index in [1.807, 2.05) is 32.9 Å². The van der Waals surface area contributed by atoms with Crippen LogP contribution in [0.1, 0.15) is 38.7 Å². The first kappa shape index (κ1) is 23.4. The summed E-state index contributed by atoms with van der Waals surface area (Å²) in [6.07, 6.45) is 1.92. The van der Waals surface area contributed by atoms with E-state index >= 15 is 0 Å². The maximum Gasteiger partial charge on any atom is 0.248 e. The molecule has 1 spiro atoms. The molecule has 2 bridgehead atoms. The molecule has 3 aliphatic heterocycles. The highest BCUT2D eigenvalue weighted by atomic mass is 35.5. The second kappa shape index (κ2) is 8.22. The Kier molecular flexibility index (Phi) is 6.01. The van der Waals surface area contributed by atoms with Crippen LogP contribution in [0.2, 0.25) is 5.02 Å². The predicted molar refractivity (Wildman–Crippen MR) is 126 cm³/mol. The molecule has 3 fully saturated rings. The molecule has 3 N–H and O–H groups in total. The molecule has 4 rings (SSSR count). The zero-order chi connectivity index (χ0) is 23.4. The number of fused-ring (bicyclic) bond motifs is 1. The summed E-state index contributed by atoms with van der Waals surface area (Å²) in [5, 5.41) is 16.2. The molecule has 174 valence electrons. The number of aliphatic hydroxyl groups is 1. The number of nitrogens with zero attached hydrogens (tertiary/aromatic N) is 1. The van der Waals surface area contributed by atoms with Crippen LogP contribution >= 0.6 is 23.4 Å². The predicted octanol–water partition coefficient (Wildman–Crippen LogP) is 2.59. The van der Waals surface area contributed by atoms with Gasteiger partial charge in [0.05, 0.1) is 39.9 Å². The van der Waals surface area contributed by atoms with Gasteiger partial charge in [0, 0.05) is 11.8 Å². The van der Waals surface area contributed by atoms with E-state index in [2.05, 4.69) is 10.6 Å². The van der Waals surface area contributed by atoms with Crippen LogP contribution in [-0.2, 0) is 14.4 Å².